The molecule has 3 heterocycles. The number of likely N-dealkylation sites (tertiary alicyclic amines) is 1. The number of fused-ring (bicyclic) bond motifs is 2. The van der Waals surface area contributed by atoms with Crippen LogP contribution in [-0.2, 0) is 4.79 Å². The summed E-state index contributed by atoms with van der Waals surface area (Å²) in [7, 11) is 2.01. The van der Waals surface area contributed by atoms with Gasteiger partial charge in [-0.05, 0) is 54.6 Å². The van der Waals surface area contributed by atoms with Gasteiger partial charge in [-0.2, -0.15) is 0 Å². The summed E-state index contributed by atoms with van der Waals surface area (Å²) in [6.07, 6.45) is 3.85. The number of hydrogen-bond acceptors (Lipinski definition) is 6. The van der Waals surface area contributed by atoms with Crippen LogP contribution in [0.15, 0.2) is 47.5 Å². The Kier molecular flexibility index (Phi) is 4.06. The van der Waals surface area contributed by atoms with Gasteiger partial charge in [0.15, 0.2) is 28.8 Å². The summed E-state index contributed by atoms with van der Waals surface area (Å²) >= 11 is 0. The zero-order chi connectivity index (χ0) is 19.1. The van der Waals surface area contributed by atoms with E-state index in [2.05, 4.69) is 4.90 Å². The molecule has 6 nitrogen and oxygen atoms in total. The van der Waals surface area contributed by atoms with Crippen molar-refractivity contribution in [2.75, 3.05) is 33.7 Å². The van der Waals surface area contributed by atoms with Gasteiger partial charge in [0.05, 0.1) is 0 Å². The van der Waals surface area contributed by atoms with Crippen molar-refractivity contribution in [2.24, 2.45) is 0 Å². The first-order valence-corrected chi connectivity index (χ1v) is 9.09. The van der Waals surface area contributed by atoms with E-state index < -0.39 is 0 Å². The molecule has 1 fully saturated rings. The first kappa shape index (κ1) is 16.9. The predicted molar refractivity (Wildman–Crippen MR) is 104 cm³/mol. The second-order valence-corrected chi connectivity index (χ2v) is 7.07. The van der Waals surface area contributed by atoms with Gasteiger partial charge in [-0.25, -0.2) is 0 Å². The summed E-state index contributed by atoms with van der Waals surface area (Å²) in [6.45, 7) is 1.68. The van der Waals surface area contributed by atoms with Crippen LogP contribution in [0.4, 0.5) is 0 Å². The number of Topliss-reactive ketones (excluding diaryl/α,β-unsaturated/α-hetero) is 1. The van der Waals surface area contributed by atoms with Crippen molar-refractivity contribution in [1.29, 1.82) is 0 Å². The first-order valence-electron chi connectivity index (χ1n) is 9.09. The van der Waals surface area contributed by atoms with Crippen molar-refractivity contribution in [3.05, 3.63) is 58.7 Å². The third-order valence-electron chi connectivity index (χ3n) is 4.94. The Bertz CT molecular complexity index is 944. The van der Waals surface area contributed by atoms with Crippen LogP contribution in [0.1, 0.15) is 11.1 Å². The summed E-state index contributed by atoms with van der Waals surface area (Å²) in [4.78, 5) is 15.2. The maximum Gasteiger partial charge on any atom is 0.231 e. The number of ketones is 1. The molecule has 0 N–H and O–H groups in total. The Labute approximate surface area is 162 Å². The van der Waals surface area contributed by atoms with Crippen LogP contribution < -0.4 is 18.9 Å². The molecule has 2 aromatic carbocycles. The van der Waals surface area contributed by atoms with Gasteiger partial charge in [0.2, 0.25) is 13.6 Å². The number of piperidine rings is 1. The molecular formula is C22H19NO5. The van der Waals surface area contributed by atoms with E-state index in [4.69, 9.17) is 18.9 Å². The first-order chi connectivity index (χ1) is 13.7. The molecule has 0 saturated carbocycles. The van der Waals surface area contributed by atoms with Gasteiger partial charge in [-0.15, -0.1) is 0 Å². The van der Waals surface area contributed by atoms with Crippen molar-refractivity contribution in [3.63, 3.8) is 0 Å². The van der Waals surface area contributed by atoms with Gasteiger partial charge in [-0.3, -0.25) is 9.69 Å². The van der Waals surface area contributed by atoms with Gasteiger partial charge in [0, 0.05) is 24.2 Å². The van der Waals surface area contributed by atoms with E-state index in [9.17, 15) is 4.79 Å². The molecule has 0 spiro atoms. The standard InChI is InChI=1S/C22H19NO5/c1-23-10-16(6-14-2-4-18-20(8-14)27-12-25-18)22(24)17(11-23)7-15-3-5-19-21(9-15)28-13-26-19/h2-9H,10-13H2,1H3/b16-6+,17-7+. The Hall–Kier alpha value is -3.25. The molecule has 3 aliphatic heterocycles. The van der Waals surface area contributed by atoms with E-state index in [1.54, 1.807) is 0 Å². The highest BCUT2D eigenvalue weighted by Gasteiger charge is 2.24. The van der Waals surface area contributed by atoms with Gasteiger partial charge in [0.1, 0.15) is 0 Å². The topological polar surface area (TPSA) is 57.2 Å². The molecule has 0 amide bonds. The monoisotopic (exact) mass is 377 g/mol. The van der Waals surface area contributed by atoms with Crippen LogP contribution in [0, 0.1) is 0 Å². The van der Waals surface area contributed by atoms with Crippen LogP contribution >= 0.6 is 0 Å². The highest BCUT2D eigenvalue weighted by Crippen LogP contribution is 2.35. The predicted octanol–water partition coefficient (Wildman–Crippen LogP) is 3.13. The molecule has 0 aromatic heterocycles. The maximum atomic E-state index is 13.1. The summed E-state index contributed by atoms with van der Waals surface area (Å²) in [6, 6.07) is 11.4. The summed E-state index contributed by atoms with van der Waals surface area (Å²) in [5.74, 6) is 2.95. The minimum absolute atomic E-state index is 0.0634. The molecule has 28 heavy (non-hydrogen) atoms. The smallest absolute Gasteiger partial charge is 0.231 e. The second-order valence-electron chi connectivity index (χ2n) is 7.07. The molecule has 142 valence electrons. The molecular weight excluding hydrogens is 358 g/mol. The zero-order valence-corrected chi connectivity index (χ0v) is 15.4. The fraction of sp³-hybridized carbons (Fsp3) is 0.227. The van der Waals surface area contributed by atoms with Crippen molar-refractivity contribution in [1.82, 2.24) is 4.90 Å². The van der Waals surface area contributed by atoms with Gasteiger partial charge in [0.25, 0.3) is 0 Å². The lowest BCUT2D eigenvalue weighted by Gasteiger charge is -2.26. The molecule has 0 radical (unpaired) electrons. The quantitative estimate of drug-likeness (QED) is 0.750. The van der Waals surface area contributed by atoms with E-state index in [-0.39, 0.29) is 19.4 Å². The highest BCUT2D eigenvalue weighted by atomic mass is 16.7. The summed E-state index contributed by atoms with van der Waals surface area (Å²) < 4.78 is 21.6. The lowest BCUT2D eigenvalue weighted by atomic mass is 9.94. The number of carbonyl (C=O) groups excluding carboxylic acids is 1. The Morgan fingerprint density at radius 1 is 0.750 bits per heavy atom. The number of hydrogen-bond donors (Lipinski definition) is 0. The summed E-state index contributed by atoms with van der Waals surface area (Å²) in [5.41, 5.74) is 3.34. The number of benzene rings is 2. The van der Waals surface area contributed by atoms with Gasteiger partial charge in [-0.1, -0.05) is 12.1 Å². The van der Waals surface area contributed by atoms with Crippen molar-refractivity contribution < 1.29 is 23.7 Å². The van der Waals surface area contributed by atoms with E-state index in [0.717, 1.165) is 33.8 Å². The lowest BCUT2D eigenvalue weighted by Crippen LogP contribution is -2.34. The largest absolute Gasteiger partial charge is 0.454 e. The Balaban J connectivity index is 1.45. The second kappa shape index (κ2) is 6.73. The number of nitrogens with zero attached hydrogens (tertiary/aromatic N) is 1. The molecule has 3 aliphatic rings. The third kappa shape index (κ3) is 3.12. The molecule has 0 bridgehead atoms. The van der Waals surface area contributed by atoms with Crippen molar-refractivity contribution in [3.8, 4) is 23.0 Å². The van der Waals surface area contributed by atoms with Crippen molar-refractivity contribution >= 4 is 17.9 Å². The maximum absolute atomic E-state index is 13.1. The molecule has 6 heteroatoms. The lowest BCUT2D eigenvalue weighted by molar-refractivity contribution is -0.113. The van der Waals surface area contributed by atoms with Crippen LogP contribution in [0.25, 0.3) is 12.2 Å². The van der Waals surface area contributed by atoms with Crippen LogP contribution in [0.3, 0.4) is 0 Å². The fourth-order valence-electron chi connectivity index (χ4n) is 3.62. The molecule has 2 aromatic rings. The fourth-order valence-corrected chi connectivity index (χ4v) is 3.62. The number of rotatable bonds is 2. The minimum Gasteiger partial charge on any atom is -0.454 e. The third-order valence-corrected chi connectivity index (χ3v) is 4.94. The average Bonchev–Trinajstić information content (AvgIpc) is 3.33. The van der Waals surface area contributed by atoms with E-state index >= 15 is 0 Å². The number of ether oxygens (including phenoxy) is 4. The zero-order valence-electron chi connectivity index (χ0n) is 15.4. The van der Waals surface area contributed by atoms with Gasteiger partial charge >= 0.3 is 0 Å². The van der Waals surface area contributed by atoms with Crippen molar-refractivity contribution in [2.45, 2.75) is 0 Å². The Morgan fingerprint density at radius 3 is 1.71 bits per heavy atom. The normalized spacial score (nSPS) is 21.0. The SMILES string of the molecule is CN1C/C(=C\c2ccc3c(c2)OCO3)C(=O)/C(=C/c2ccc3c(c2)OCO3)C1. The van der Waals surface area contributed by atoms with E-state index in [1.165, 1.54) is 0 Å². The van der Waals surface area contributed by atoms with E-state index in [0.29, 0.717) is 24.6 Å². The van der Waals surface area contributed by atoms with Crippen LogP contribution in [-0.4, -0.2) is 44.4 Å². The summed E-state index contributed by atoms with van der Waals surface area (Å²) in [5, 5.41) is 0. The molecule has 5 rings (SSSR count). The Morgan fingerprint density at radius 2 is 1.21 bits per heavy atom. The molecule has 0 atom stereocenters. The van der Waals surface area contributed by atoms with Crippen LogP contribution in [0.5, 0.6) is 23.0 Å². The minimum atomic E-state index is 0.0634. The molecule has 0 unspecified atom stereocenters. The van der Waals surface area contributed by atoms with Crippen LogP contribution in [0.2, 0.25) is 0 Å². The average molecular weight is 377 g/mol. The molecule has 0 aliphatic carbocycles. The van der Waals surface area contributed by atoms with Gasteiger partial charge < -0.3 is 18.9 Å². The van der Waals surface area contributed by atoms with E-state index in [1.807, 2.05) is 55.6 Å². The molecule has 1 saturated heterocycles. The highest BCUT2D eigenvalue weighted by molar-refractivity contribution is 6.14. The number of likely N-dealkylation sites (N-methyl/N-ethyl adjacent to an activating group) is 1. The number of carbonyl (C=O) groups is 1.